The number of halogens is 2. The Morgan fingerprint density at radius 3 is 2.85 bits per heavy atom. The summed E-state index contributed by atoms with van der Waals surface area (Å²) in [4.78, 5) is -0.0807. The number of benzene rings is 1. The third-order valence-electron chi connectivity index (χ3n) is 2.28. The van der Waals surface area contributed by atoms with Crippen LogP contribution in [0.5, 0.6) is 5.75 Å². The molecule has 1 aromatic heterocycles. The van der Waals surface area contributed by atoms with Gasteiger partial charge in [0.1, 0.15) is 4.90 Å². The summed E-state index contributed by atoms with van der Waals surface area (Å²) in [7, 11) is -2.47. The van der Waals surface area contributed by atoms with Crippen LogP contribution in [0, 0.1) is 0 Å². The lowest BCUT2D eigenvalue weighted by Gasteiger charge is -2.12. The highest BCUT2D eigenvalue weighted by molar-refractivity contribution is 9.10. The van der Waals surface area contributed by atoms with Gasteiger partial charge in [-0.3, -0.25) is 0 Å². The maximum Gasteiger partial charge on any atom is 0.244 e. The Hall–Kier alpha value is -1.23. The minimum absolute atomic E-state index is 0.0807. The molecule has 0 amide bonds. The van der Waals surface area contributed by atoms with E-state index in [-0.39, 0.29) is 28.0 Å². The van der Waals surface area contributed by atoms with Crippen LogP contribution in [0.1, 0.15) is 5.82 Å². The topological polar surface area (TPSA) is 110 Å². The van der Waals surface area contributed by atoms with Crippen molar-refractivity contribution in [2.75, 3.05) is 7.11 Å². The molecule has 20 heavy (non-hydrogen) atoms. The molecule has 0 aliphatic carbocycles. The number of sulfonamides is 1. The van der Waals surface area contributed by atoms with E-state index in [9.17, 15) is 8.42 Å². The fourth-order valence-corrected chi connectivity index (χ4v) is 3.79. The monoisotopic (exact) mass is 381 g/mol. The molecular formula is C9H9BrClN5O3S. The molecule has 2 rings (SSSR count). The minimum Gasteiger partial charge on any atom is -0.494 e. The maximum absolute atomic E-state index is 12.3. The number of aromatic nitrogens is 4. The van der Waals surface area contributed by atoms with E-state index in [1.54, 1.807) is 6.07 Å². The third kappa shape index (κ3) is 3.26. The second-order valence-electron chi connectivity index (χ2n) is 3.57. The van der Waals surface area contributed by atoms with Gasteiger partial charge in [-0.15, -0.1) is 10.2 Å². The number of tetrazole rings is 1. The fourth-order valence-electron chi connectivity index (χ4n) is 1.43. The summed E-state index contributed by atoms with van der Waals surface area (Å²) in [6.45, 7) is -0.105. The molecule has 0 aliphatic rings. The largest absolute Gasteiger partial charge is 0.494 e. The number of hydrogen-bond acceptors (Lipinski definition) is 6. The Bertz CT molecular complexity index is 707. The number of H-pyrrole nitrogens is 1. The first-order chi connectivity index (χ1) is 9.44. The molecule has 2 N–H and O–H groups in total. The van der Waals surface area contributed by atoms with E-state index in [2.05, 4.69) is 41.3 Å². The molecule has 11 heteroatoms. The van der Waals surface area contributed by atoms with Crippen molar-refractivity contribution in [1.82, 2.24) is 25.3 Å². The van der Waals surface area contributed by atoms with Crippen LogP contribution in [-0.2, 0) is 16.6 Å². The number of aromatic amines is 1. The zero-order chi connectivity index (χ0) is 14.8. The van der Waals surface area contributed by atoms with Crippen LogP contribution in [-0.4, -0.2) is 36.2 Å². The summed E-state index contributed by atoms with van der Waals surface area (Å²) in [6.07, 6.45) is 0. The lowest BCUT2D eigenvalue weighted by Crippen LogP contribution is -2.24. The van der Waals surface area contributed by atoms with Gasteiger partial charge in [-0.25, -0.2) is 13.1 Å². The van der Waals surface area contributed by atoms with Gasteiger partial charge in [-0.2, -0.15) is 5.21 Å². The van der Waals surface area contributed by atoms with Gasteiger partial charge >= 0.3 is 0 Å². The van der Waals surface area contributed by atoms with E-state index in [0.29, 0.717) is 4.47 Å². The second kappa shape index (κ2) is 6.04. The van der Waals surface area contributed by atoms with Crippen LogP contribution in [0.15, 0.2) is 21.5 Å². The van der Waals surface area contributed by atoms with Crippen LogP contribution in [0.25, 0.3) is 0 Å². The predicted molar refractivity (Wildman–Crippen MR) is 73.9 cm³/mol. The molecule has 108 valence electrons. The molecule has 0 atom stereocenters. The van der Waals surface area contributed by atoms with Crippen molar-refractivity contribution in [1.29, 1.82) is 0 Å². The minimum atomic E-state index is -3.84. The lowest BCUT2D eigenvalue weighted by atomic mass is 10.3. The van der Waals surface area contributed by atoms with E-state index < -0.39 is 10.0 Å². The van der Waals surface area contributed by atoms with Crippen LogP contribution < -0.4 is 9.46 Å². The van der Waals surface area contributed by atoms with Gasteiger partial charge in [0.15, 0.2) is 11.6 Å². The van der Waals surface area contributed by atoms with Gasteiger partial charge in [-0.1, -0.05) is 16.8 Å². The molecule has 1 aromatic carbocycles. The van der Waals surface area contributed by atoms with E-state index in [4.69, 9.17) is 16.3 Å². The van der Waals surface area contributed by atoms with E-state index >= 15 is 0 Å². The SMILES string of the molecule is COc1c(Br)cc(Cl)cc1S(=O)(=O)NCc1nn[nH]n1. The van der Waals surface area contributed by atoms with Gasteiger partial charge in [0.2, 0.25) is 10.0 Å². The molecule has 0 aliphatic heterocycles. The Labute approximate surface area is 128 Å². The fraction of sp³-hybridized carbons (Fsp3) is 0.222. The van der Waals surface area contributed by atoms with Gasteiger partial charge in [-0.05, 0) is 28.1 Å². The van der Waals surface area contributed by atoms with Crippen LogP contribution in [0.2, 0.25) is 5.02 Å². The molecule has 0 radical (unpaired) electrons. The predicted octanol–water partition coefficient (Wildman–Crippen LogP) is 1.10. The second-order valence-corrected chi connectivity index (χ2v) is 6.60. The van der Waals surface area contributed by atoms with Crippen LogP contribution in [0.4, 0.5) is 0 Å². The summed E-state index contributed by atoms with van der Waals surface area (Å²) in [5.74, 6) is 0.378. The zero-order valence-corrected chi connectivity index (χ0v) is 13.3. The first-order valence-electron chi connectivity index (χ1n) is 5.19. The van der Waals surface area contributed by atoms with Crippen LogP contribution in [0.3, 0.4) is 0 Å². The van der Waals surface area contributed by atoms with Crippen molar-refractivity contribution in [3.63, 3.8) is 0 Å². The number of nitrogens with zero attached hydrogens (tertiary/aromatic N) is 3. The van der Waals surface area contributed by atoms with Crippen LogP contribution >= 0.6 is 27.5 Å². The summed E-state index contributed by atoms with van der Waals surface area (Å²) < 4.78 is 32.4. The first kappa shape index (κ1) is 15.2. The highest BCUT2D eigenvalue weighted by atomic mass is 79.9. The molecule has 0 saturated heterocycles. The molecular weight excluding hydrogens is 374 g/mol. The number of ether oxygens (including phenoxy) is 1. The van der Waals surface area contributed by atoms with Gasteiger partial charge in [0.05, 0.1) is 18.1 Å². The van der Waals surface area contributed by atoms with Gasteiger partial charge in [0.25, 0.3) is 0 Å². The lowest BCUT2D eigenvalue weighted by molar-refractivity contribution is 0.399. The number of nitrogens with one attached hydrogen (secondary N) is 2. The summed E-state index contributed by atoms with van der Waals surface area (Å²) >= 11 is 9.07. The van der Waals surface area contributed by atoms with Crippen molar-refractivity contribution < 1.29 is 13.2 Å². The molecule has 0 bridgehead atoms. The van der Waals surface area contributed by atoms with Crippen molar-refractivity contribution in [3.8, 4) is 5.75 Å². The molecule has 0 fully saturated rings. The highest BCUT2D eigenvalue weighted by Crippen LogP contribution is 2.35. The Balaban J connectivity index is 2.33. The molecule has 8 nitrogen and oxygen atoms in total. The highest BCUT2D eigenvalue weighted by Gasteiger charge is 2.22. The average molecular weight is 383 g/mol. The summed E-state index contributed by atoms with van der Waals surface area (Å²) in [5.41, 5.74) is 0. The van der Waals surface area contributed by atoms with Crippen molar-refractivity contribution in [2.45, 2.75) is 11.4 Å². The molecule has 2 aromatic rings. The molecule has 1 heterocycles. The normalized spacial score (nSPS) is 11.6. The van der Waals surface area contributed by atoms with E-state index in [1.807, 2.05) is 0 Å². The van der Waals surface area contributed by atoms with E-state index in [0.717, 1.165) is 0 Å². The van der Waals surface area contributed by atoms with Crippen molar-refractivity contribution in [3.05, 3.63) is 27.5 Å². The summed E-state index contributed by atoms with van der Waals surface area (Å²) in [5, 5.41) is 13.1. The Morgan fingerprint density at radius 1 is 1.50 bits per heavy atom. The number of methoxy groups -OCH3 is 1. The Morgan fingerprint density at radius 2 is 2.25 bits per heavy atom. The first-order valence-corrected chi connectivity index (χ1v) is 7.84. The Kier molecular flexibility index (Phi) is 4.58. The third-order valence-corrected chi connectivity index (χ3v) is 4.49. The zero-order valence-electron chi connectivity index (χ0n) is 10.1. The molecule has 0 saturated carbocycles. The standard InChI is InChI=1S/C9H9BrClN5O3S/c1-19-9-6(10)2-5(11)3-7(9)20(17,18)12-4-8-13-15-16-14-8/h2-3,12H,4H2,1H3,(H,13,14,15,16). The molecule has 0 unspecified atom stereocenters. The molecule has 0 spiro atoms. The van der Waals surface area contributed by atoms with E-state index in [1.165, 1.54) is 13.2 Å². The number of rotatable bonds is 5. The van der Waals surface area contributed by atoms with Crippen molar-refractivity contribution in [2.24, 2.45) is 0 Å². The van der Waals surface area contributed by atoms with Gasteiger partial charge in [0, 0.05) is 5.02 Å². The average Bonchev–Trinajstić information content (AvgIpc) is 2.89. The van der Waals surface area contributed by atoms with Crippen molar-refractivity contribution >= 4 is 37.6 Å². The van der Waals surface area contributed by atoms with Gasteiger partial charge < -0.3 is 4.74 Å². The summed E-state index contributed by atoms with van der Waals surface area (Å²) in [6, 6.07) is 2.84. The quantitative estimate of drug-likeness (QED) is 0.801. The number of hydrogen-bond donors (Lipinski definition) is 2. The smallest absolute Gasteiger partial charge is 0.244 e. The maximum atomic E-state index is 12.3.